The fraction of sp³-hybridized carbons (Fsp3) is 0.389. The molecule has 2 aliphatic rings. The Morgan fingerprint density at radius 1 is 1.28 bits per heavy atom. The fourth-order valence-corrected chi connectivity index (χ4v) is 4.92. The molecule has 2 aliphatic carbocycles. The normalized spacial score (nSPS) is 27.0. The van der Waals surface area contributed by atoms with E-state index in [4.69, 9.17) is 4.74 Å². The Labute approximate surface area is 148 Å². The lowest BCUT2D eigenvalue weighted by Crippen LogP contribution is -2.36. The van der Waals surface area contributed by atoms with Crippen molar-refractivity contribution in [2.75, 3.05) is 12.4 Å². The molecule has 0 aliphatic heterocycles. The van der Waals surface area contributed by atoms with Crippen LogP contribution < -0.4 is 10.1 Å². The minimum absolute atomic E-state index is 0.00789. The van der Waals surface area contributed by atoms with Gasteiger partial charge >= 0.3 is 5.97 Å². The van der Waals surface area contributed by atoms with Crippen molar-refractivity contribution in [3.8, 4) is 5.75 Å². The van der Waals surface area contributed by atoms with Crippen molar-refractivity contribution in [3.05, 3.63) is 29.3 Å². The van der Waals surface area contributed by atoms with Crippen LogP contribution in [0, 0.1) is 30.6 Å². The standard InChI is InChI=1S/C18H18N2O4S/c1-8-19-12-6-13(24-2)11(7-14(12)25-8)20-17(21)15-9-3-4-10(5-9)16(15)18(22)23/h3-4,6-7,9-10,15-16H,5H2,1-2H3,(H,20,21)(H,22,23)/t9-,10-,15+,16+/m0/s1. The topological polar surface area (TPSA) is 88.5 Å². The number of nitrogens with one attached hydrogen (secondary N) is 1. The summed E-state index contributed by atoms with van der Waals surface area (Å²) in [5.41, 5.74) is 1.38. The number of ether oxygens (including phenoxy) is 1. The third-order valence-electron chi connectivity index (χ3n) is 5.12. The van der Waals surface area contributed by atoms with Crippen LogP contribution in [0.2, 0.25) is 0 Å². The second-order valence-electron chi connectivity index (χ2n) is 6.58. The van der Waals surface area contributed by atoms with Crippen LogP contribution in [0.25, 0.3) is 10.2 Å². The number of aromatic nitrogens is 1. The first kappa shape index (κ1) is 16.1. The summed E-state index contributed by atoms with van der Waals surface area (Å²) in [5.74, 6) is -1.90. The van der Waals surface area contributed by atoms with Crippen LogP contribution in [0.5, 0.6) is 5.75 Å². The molecule has 4 rings (SSSR count). The molecule has 4 atom stereocenters. The molecule has 1 fully saturated rings. The highest BCUT2D eigenvalue weighted by atomic mass is 32.1. The lowest BCUT2D eigenvalue weighted by Gasteiger charge is -2.24. The minimum atomic E-state index is -0.905. The molecule has 25 heavy (non-hydrogen) atoms. The summed E-state index contributed by atoms with van der Waals surface area (Å²) in [7, 11) is 1.54. The van der Waals surface area contributed by atoms with Gasteiger partial charge in [0.2, 0.25) is 5.91 Å². The molecule has 1 amide bonds. The van der Waals surface area contributed by atoms with Gasteiger partial charge in [0.05, 0.1) is 39.9 Å². The van der Waals surface area contributed by atoms with Gasteiger partial charge in [-0.25, -0.2) is 4.98 Å². The molecule has 0 radical (unpaired) electrons. The minimum Gasteiger partial charge on any atom is -0.494 e. The number of allylic oxidation sites excluding steroid dienone is 2. The number of thiazole rings is 1. The number of aliphatic carboxylic acids is 1. The number of hydrogen-bond acceptors (Lipinski definition) is 5. The van der Waals surface area contributed by atoms with E-state index in [1.54, 1.807) is 6.07 Å². The Morgan fingerprint density at radius 3 is 2.68 bits per heavy atom. The van der Waals surface area contributed by atoms with Crippen LogP contribution in [0.4, 0.5) is 5.69 Å². The highest BCUT2D eigenvalue weighted by molar-refractivity contribution is 7.18. The third-order valence-corrected chi connectivity index (χ3v) is 6.06. The Balaban J connectivity index is 1.65. The lowest BCUT2D eigenvalue weighted by atomic mass is 9.82. The monoisotopic (exact) mass is 358 g/mol. The number of aryl methyl sites for hydroxylation is 1. The molecule has 0 spiro atoms. The highest BCUT2D eigenvalue weighted by Crippen LogP contribution is 2.48. The van der Waals surface area contributed by atoms with Gasteiger partial charge in [-0.2, -0.15) is 0 Å². The number of amides is 1. The fourth-order valence-electron chi connectivity index (χ4n) is 4.07. The number of carboxylic acids is 1. The van der Waals surface area contributed by atoms with Gasteiger partial charge in [-0.05, 0) is 31.2 Å². The van der Waals surface area contributed by atoms with E-state index in [2.05, 4.69) is 10.3 Å². The number of methoxy groups -OCH3 is 1. The number of carbonyl (C=O) groups excluding carboxylic acids is 1. The molecule has 6 nitrogen and oxygen atoms in total. The zero-order chi connectivity index (χ0) is 17.7. The second kappa shape index (κ2) is 5.84. The molecule has 2 bridgehead atoms. The van der Waals surface area contributed by atoms with E-state index in [1.165, 1.54) is 18.4 Å². The number of carbonyl (C=O) groups is 2. The predicted octanol–water partition coefficient (Wildman–Crippen LogP) is 3.07. The summed E-state index contributed by atoms with van der Waals surface area (Å²) in [6.45, 7) is 1.93. The van der Waals surface area contributed by atoms with Gasteiger partial charge in [0, 0.05) is 6.07 Å². The Bertz CT molecular complexity index is 904. The van der Waals surface area contributed by atoms with Gasteiger partial charge < -0.3 is 15.2 Å². The Kier molecular flexibility index (Phi) is 3.76. The van der Waals surface area contributed by atoms with E-state index >= 15 is 0 Å². The van der Waals surface area contributed by atoms with Crippen LogP contribution in [0.1, 0.15) is 11.4 Å². The zero-order valence-electron chi connectivity index (χ0n) is 13.9. The van der Waals surface area contributed by atoms with E-state index in [-0.39, 0.29) is 17.7 Å². The van der Waals surface area contributed by atoms with Crippen LogP contribution in [0.15, 0.2) is 24.3 Å². The Hall–Kier alpha value is -2.41. The summed E-state index contributed by atoms with van der Waals surface area (Å²) in [4.78, 5) is 28.9. The third kappa shape index (κ3) is 2.59. The number of hydrogen-bond donors (Lipinski definition) is 2. The van der Waals surface area contributed by atoms with Gasteiger partial charge in [0.15, 0.2) is 0 Å². The molecular weight excluding hydrogens is 340 g/mol. The van der Waals surface area contributed by atoms with Crippen molar-refractivity contribution in [2.24, 2.45) is 23.7 Å². The lowest BCUT2D eigenvalue weighted by molar-refractivity contribution is -0.146. The number of rotatable bonds is 4. The predicted molar refractivity (Wildman–Crippen MR) is 94.9 cm³/mol. The maximum atomic E-state index is 12.9. The van der Waals surface area contributed by atoms with E-state index in [0.717, 1.165) is 21.6 Å². The first-order valence-electron chi connectivity index (χ1n) is 8.15. The van der Waals surface area contributed by atoms with Crippen LogP contribution >= 0.6 is 11.3 Å². The van der Waals surface area contributed by atoms with E-state index in [0.29, 0.717) is 11.4 Å². The molecule has 1 aromatic heterocycles. The van der Waals surface area contributed by atoms with Crippen molar-refractivity contribution in [1.82, 2.24) is 4.98 Å². The highest BCUT2D eigenvalue weighted by Gasteiger charge is 2.51. The molecule has 2 aromatic rings. The first-order valence-corrected chi connectivity index (χ1v) is 8.96. The molecule has 2 N–H and O–H groups in total. The van der Waals surface area contributed by atoms with Crippen molar-refractivity contribution in [2.45, 2.75) is 13.3 Å². The number of fused-ring (bicyclic) bond motifs is 3. The second-order valence-corrected chi connectivity index (χ2v) is 7.82. The molecule has 1 heterocycles. The smallest absolute Gasteiger partial charge is 0.307 e. The number of anilines is 1. The molecular formula is C18H18N2O4S. The molecule has 0 unspecified atom stereocenters. The van der Waals surface area contributed by atoms with Crippen molar-refractivity contribution < 1.29 is 19.4 Å². The molecule has 1 saturated carbocycles. The molecule has 1 aromatic carbocycles. The summed E-state index contributed by atoms with van der Waals surface area (Å²) < 4.78 is 6.34. The van der Waals surface area contributed by atoms with E-state index in [9.17, 15) is 14.7 Å². The summed E-state index contributed by atoms with van der Waals surface area (Å²) in [6.07, 6.45) is 4.64. The first-order chi connectivity index (χ1) is 12.0. The zero-order valence-corrected chi connectivity index (χ0v) is 14.7. The van der Waals surface area contributed by atoms with Gasteiger partial charge in [-0.15, -0.1) is 11.3 Å². The van der Waals surface area contributed by atoms with Crippen LogP contribution in [-0.4, -0.2) is 29.1 Å². The van der Waals surface area contributed by atoms with Crippen molar-refractivity contribution in [3.63, 3.8) is 0 Å². The summed E-state index contributed by atoms with van der Waals surface area (Å²) >= 11 is 1.54. The summed E-state index contributed by atoms with van der Waals surface area (Å²) in [5, 5.41) is 13.3. The van der Waals surface area contributed by atoms with Gasteiger partial charge in [0.25, 0.3) is 0 Å². The van der Waals surface area contributed by atoms with Crippen molar-refractivity contribution in [1.29, 1.82) is 0 Å². The SMILES string of the molecule is COc1cc2nc(C)sc2cc1NC(=O)[C@H]1[C@H](C(=O)O)[C@H]2C=C[C@H]1C2. The van der Waals surface area contributed by atoms with Gasteiger partial charge in [-0.1, -0.05) is 12.2 Å². The number of nitrogens with zero attached hydrogens (tertiary/aromatic N) is 1. The van der Waals surface area contributed by atoms with Crippen LogP contribution in [-0.2, 0) is 9.59 Å². The van der Waals surface area contributed by atoms with E-state index in [1.807, 2.05) is 25.1 Å². The Morgan fingerprint density at radius 2 is 2.00 bits per heavy atom. The molecule has 0 saturated heterocycles. The number of carboxylic acid groups (broad SMARTS) is 1. The van der Waals surface area contributed by atoms with E-state index < -0.39 is 17.8 Å². The van der Waals surface area contributed by atoms with Gasteiger partial charge in [-0.3, -0.25) is 9.59 Å². The quantitative estimate of drug-likeness (QED) is 0.820. The summed E-state index contributed by atoms with van der Waals surface area (Å²) in [6, 6.07) is 3.64. The molecule has 7 heteroatoms. The average molecular weight is 358 g/mol. The largest absolute Gasteiger partial charge is 0.494 e. The van der Waals surface area contributed by atoms with Crippen LogP contribution in [0.3, 0.4) is 0 Å². The number of benzene rings is 1. The average Bonchev–Trinajstić information content (AvgIpc) is 3.26. The maximum Gasteiger partial charge on any atom is 0.307 e. The van der Waals surface area contributed by atoms with Crippen molar-refractivity contribution >= 4 is 39.1 Å². The maximum absolute atomic E-state index is 12.9. The molecule has 130 valence electrons. The van der Waals surface area contributed by atoms with Gasteiger partial charge in [0.1, 0.15) is 5.75 Å².